The van der Waals surface area contributed by atoms with Gasteiger partial charge >= 0.3 is 0 Å². The number of nitrogens with one attached hydrogen (secondary N) is 8. The number of piperidine rings is 2. The third-order valence-corrected chi connectivity index (χ3v) is 27.8. The fourth-order valence-electron chi connectivity index (χ4n) is 16.3. The summed E-state index contributed by atoms with van der Waals surface area (Å²) in [4.78, 5) is 151. The molecule has 0 radical (unpaired) electrons. The number of anilines is 4. The van der Waals surface area contributed by atoms with Crippen molar-refractivity contribution in [3.63, 3.8) is 0 Å². The highest BCUT2D eigenvalue weighted by Gasteiger charge is 2.48. The zero-order chi connectivity index (χ0) is 103. The van der Waals surface area contributed by atoms with Crippen LogP contribution in [0.4, 0.5) is 32.1 Å². The summed E-state index contributed by atoms with van der Waals surface area (Å²) >= 11 is 4.57. The number of fused-ring (bicyclic) bond motifs is 2. The first-order valence-electron chi connectivity index (χ1n) is 47.9. The summed E-state index contributed by atoms with van der Waals surface area (Å²) in [5.74, 6) is -2.86. The lowest BCUT2D eigenvalue weighted by Crippen LogP contribution is -2.42. The van der Waals surface area contributed by atoms with Crippen LogP contribution in [-0.4, -0.2) is 256 Å². The number of pyridine rings is 4. The summed E-state index contributed by atoms with van der Waals surface area (Å²) in [6.07, 6.45) is 16.6. The van der Waals surface area contributed by atoms with Gasteiger partial charge in [-0.2, -0.15) is 0 Å². The minimum Gasteiger partial charge on any atom is -0.389 e. The average Bonchev–Trinajstić information content (AvgIpc) is 1.61. The van der Waals surface area contributed by atoms with Crippen LogP contribution in [0.25, 0.3) is 41.8 Å². The maximum absolute atomic E-state index is 14.0. The Morgan fingerprint density at radius 3 is 0.885 bits per heavy atom. The lowest BCUT2D eigenvalue weighted by Gasteiger charge is -2.33. The SMILES string of the molecule is Cc1cc(NC(C)(C)C)ncc1-c1sc(C(=O)NCC(C)(C)O)nc1C(=O)N1C2CCC1CC2.Cc1cc(NC(C)(C)C)ncc1-c1sc(C(=O)NCC(C)(C)O)nc1C(=O)N1CCCC[C@@H]1C.Cc1cc(NCC(C)(C)C)ncc1-c1sc(C(=O)NCC(C)(C)O)nc1C(=O)N1CC(F)(F)C[C@@H]1C.Cc1cc(NCC(C)(C)C)ncc1-c1sc(C(=O)NCC(C)(C)O)nc1C(=O)N1CCCC[C@@H]1C. The summed E-state index contributed by atoms with van der Waals surface area (Å²) in [7, 11) is 0. The van der Waals surface area contributed by atoms with Crippen LogP contribution in [0.3, 0.4) is 0 Å². The van der Waals surface area contributed by atoms with Crippen LogP contribution >= 0.6 is 45.3 Å². The highest BCUT2D eigenvalue weighted by molar-refractivity contribution is 7.18. The number of likely N-dealkylation sites (tertiary alicyclic amines) is 3. The van der Waals surface area contributed by atoms with Gasteiger partial charge in [0, 0.05) is 147 Å². The number of nitrogens with zero attached hydrogens (tertiary/aromatic N) is 12. The molecule has 760 valence electrons. The molecule has 5 fully saturated rings. The van der Waals surface area contributed by atoms with Crippen LogP contribution in [-0.2, 0) is 0 Å². The second kappa shape index (κ2) is 44.5. The zero-order valence-corrected chi connectivity index (χ0v) is 89.2. The van der Waals surface area contributed by atoms with E-state index in [1.165, 1.54) is 34.0 Å². The molecule has 8 aromatic heterocycles. The zero-order valence-electron chi connectivity index (χ0n) is 86.0. The fraction of sp³-hybridized carbons (Fsp3) is 0.604. The molecule has 5 aliphatic heterocycles. The number of hydrogen-bond donors (Lipinski definition) is 12. The number of carbonyl (C=O) groups excluding carboxylic acids is 8. The van der Waals surface area contributed by atoms with Crippen molar-refractivity contribution in [3.8, 4) is 41.8 Å². The first-order valence-corrected chi connectivity index (χ1v) is 51.2. The van der Waals surface area contributed by atoms with Crippen molar-refractivity contribution < 1.29 is 67.6 Å². The predicted molar refractivity (Wildman–Crippen MR) is 548 cm³/mol. The summed E-state index contributed by atoms with van der Waals surface area (Å²) in [6, 6.07) is 7.82. The Kier molecular flexibility index (Phi) is 35.5. The molecule has 12 N–H and O–H groups in total. The van der Waals surface area contributed by atoms with E-state index in [0.29, 0.717) is 56.2 Å². The Balaban J connectivity index is 0.000000191. The monoisotopic (exact) mass is 2000 g/mol. The van der Waals surface area contributed by atoms with Gasteiger partial charge in [-0.15, -0.1) is 45.3 Å². The smallest absolute Gasteiger partial charge is 0.280 e. The normalized spacial score (nSPS) is 17.9. The number of thiazole rings is 4. The van der Waals surface area contributed by atoms with Crippen LogP contribution in [0, 0.1) is 38.5 Å². The molecule has 5 aliphatic rings. The molecule has 13 rings (SSSR count). The molecule has 8 aromatic rings. The third-order valence-electron chi connectivity index (χ3n) is 23.5. The van der Waals surface area contributed by atoms with Gasteiger partial charge < -0.3 is 82.6 Å². The lowest BCUT2D eigenvalue weighted by atomic mass is 9.97. The Morgan fingerprint density at radius 2 is 0.640 bits per heavy atom. The molecule has 32 nitrogen and oxygen atoms in total. The van der Waals surface area contributed by atoms with Gasteiger partial charge in [0.2, 0.25) is 0 Å². The van der Waals surface area contributed by atoms with Crippen molar-refractivity contribution in [1.82, 2.24) is 80.7 Å². The fourth-order valence-corrected chi connectivity index (χ4v) is 20.5. The second-order valence-electron chi connectivity index (χ2n) is 44.6. The summed E-state index contributed by atoms with van der Waals surface area (Å²) in [5, 5.41) is 64.7. The number of alkyl halides is 2. The van der Waals surface area contributed by atoms with Crippen molar-refractivity contribution in [3.05, 3.63) is 114 Å². The molecule has 0 unspecified atom stereocenters. The topological polar surface area (TPSA) is 430 Å². The van der Waals surface area contributed by atoms with E-state index < -0.39 is 76.9 Å². The molecule has 0 spiro atoms. The third kappa shape index (κ3) is 31.4. The Bertz CT molecular complexity index is 5720. The molecule has 0 aromatic carbocycles. The van der Waals surface area contributed by atoms with Crippen LogP contribution in [0.15, 0.2) is 49.1 Å². The Hall–Kier alpha value is -10.2. The van der Waals surface area contributed by atoms with E-state index in [1.807, 2.05) is 66.7 Å². The van der Waals surface area contributed by atoms with E-state index in [1.54, 1.807) is 87.1 Å². The van der Waals surface area contributed by atoms with Crippen molar-refractivity contribution >= 4 is 116 Å². The first kappa shape index (κ1) is 111. The number of carbonyl (C=O) groups is 8. The van der Waals surface area contributed by atoms with Crippen molar-refractivity contribution in [2.75, 3.05) is 80.2 Å². The van der Waals surface area contributed by atoms with Crippen LogP contribution in [0.5, 0.6) is 0 Å². The highest BCUT2D eigenvalue weighted by Crippen LogP contribution is 2.45. The van der Waals surface area contributed by atoms with Gasteiger partial charge in [-0.1, -0.05) is 41.5 Å². The van der Waals surface area contributed by atoms with E-state index in [2.05, 4.69) is 179 Å². The van der Waals surface area contributed by atoms with E-state index in [4.69, 9.17) is 0 Å². The van der Waals surface area contributed by atoms with Gasteiger partial charge in [0.25, 0.3) is 53.2 Å². The number of aliphatic hydroxyl groups is 4. The first-order chi connectivity index (χ1) is 64.3. The molecule has 2 bridgehead atoms. The molecule has 5 saturated heterocycles. The van der Waals surface area contributed by atoms with E-state index in [9.17, 15) is 67.6 Å². The minimum atomic E-state index is -2.98. The van der Waals surface area contributed by atoms with E-state index in [0.717, 1.165) is 143 Å². The lowest BCUT2D eigenvalue weighted by molar-refractivity contribution is 0.0117. The molecule has 3 atom stereocenters. The van der Waals surface area contributed by atoms with Crippen molar-refractivity contribution in [1.29, 1.82) is 0 Å². The molecule has 139 heavy (non-hydrogen) atoms. The Morgan fingerprint density at radius 1 is 0.374 bits per heavy atom. The van der Waals surface area contributed by atoms with Crippen LogP contribution in [0.2, 0.25) is 0 Å². The van der Waals surface area contributed by atoms with Gasteiger partial charge in [-0.3, -0.25) is 38.4 Å². The van der Waals surface area contributed by atoms with Gasteiger partial charge in [-0.05, 0) is 267 Å². The molecular weight excluding hydrogens is 1850 g/mol. The van der Waals surface area contributed by atoms with E-state index >= 15 is 0 Å². The predicted octanol–water partition coefficient (Wildman–Crippen LogP) is 17.1. The number of halogens is 2. The molecule has 8 amide bonds. The molecule has 13 heterocycles. The number of amides is 8. The standard InChI is InChI=1S/C26H39N5O3S.C25H35F2N5O3S.C25H35N5O3S.C25H37N5O3S/c1-16-12-19(28-14-25(3,4)5)27-13-18(16)21-20(24(33)31-11-9-8-10-17(31)2)30-23(35-21)22(32)29-15-26(6,7)34;1-14-8-17(29-11-23(3,4)5)28-10-16(14)19-18(22(34)32-13-25(26,27)9-15(32)2)31-21(36-19)20(33)30-12-24(6,7)35;1-14-11-18(29-24(2,3)4)26-12-17(14)20-19(23(32)30-15-7-8-16(30)10-9-15)28-22(34-20)21(31)27-13-25(5,6)33;1-15-12-18(29-24(3,4)5)26-13-17(15)20-19(23(32)30-11-9-8-10-16(30)2)28-22(34-20)21(31)27-14-25(6,7)33/h12-13,17,34H,8-11,14-15H2,1-7H3,(H,27,28)(H,29,32);8,10,15,35H,9,11-13H2,1-7H3,(H,28,29)(H,30,33);11-12,15-16,33H,7-10,13H2,1-6H3,(H,26,29)(H,27,31);12-13,16,33H,8-11,14H2,1-7H3,(H,26,29)(H,27,31)/t17-;15-;;16-/m00.0/s1. The molecular formula is C101H146F2N20O12S4. The van der Waals surface area contributed by atoms with Crippen molar-refractivity contribution in [2.24, 2.45) is 10.8 Å². The molecule has 0 aliphatic carbocycles. The maximum Gasteiger partial charge on any atom is 0.280 e. The second-order valence-corrected chi connectivity index (χ2v) is 48.6. The molecule has 38 heteroatoms. The minimum absolute atomic E-state index is 0.00513. The van der Waals surface area contributed by atoms with Gasteiger partial charge in [0.05, 0.1) is 48.5 Å². The summed E-state index contributed by atoms with van der Waals surface area (Å²) in [6.45, 7) is 53.9. The number of rotatable bonds is 26. The summed E-state index contributed by atoms with van der Waals surface area (Å²) < 4.78 is 28.1. The Labute approximate surface area is 833 Å². The number of hydrogen-bond acceptors (Lipinski definition) is 28. The van der Waals surface area contributed by atoms with Crippen molar-refractivity contribution in [2.45, 2.75) is 327 Å². The quantitative estimate of drug-likeness (QED) is 0.0239. The largest absolute Gasteiger partial charge is 0.389 e. The van der Waals surface area contributed by atoms with E-state index in [-0.39, 0.29) is 127 Å². The molecule has 0 saturated carbocycles. The maximum atomic E-state index is 14.0. The van der Waals surface area contributed by atoms with Crippen LogP contribution in [0.1, 0.15) is 333 Å². The van der Waals surface area contributed by atoms with Gasteiger partial charge in [0.15, 0.2) is 20.0 Å². The van der Waals surface area contributed by atoms with Gasteiger partial charge in [0.1, 0.15) is 46.0 Å². The summed E-state index contributed by atoms with van der Waals surface area (Å²) in [5.41, 5.74) is 3.05. The van der Waals surface area contributed by atoms with Gasteiger partial charge in [-0.25, -0.2) is 48.7 Å². The van der Waals surface area contributed by atoms with Crippen LogP contribution < -0.4 is 42.5 Å². The highest BCUT2D eigenvalue weighted by atomic mass is 32.1. The number of aryl methyl sites for hydroxylation is 4. The number of aromatic nitrogens is 8. The average molecular weight is 2000 g/mol.